The van der Waals surface area contributed by atoms with Crippen molar-refractivity contribution >= 4 is 10.8 Å². The Bertz CT molecular complexity index is 905. The highest BCUT2D eigenvalue weighted by Gasteiger charge is 2.10. The second kappa shape index (κ2) is 12.9. The highest BCUT2D eigenvalue weighted by molar-refractivity contribution is 5.87. The summed E-state index contributed by atoms with van der Waals surface area (Å²) in [6.07, 6.45) is 9.54. The van der Waals surface area contributed by atoms with Gasteiger partial charge in [-0.1, -0.05) is 76.6 Å². The van der Waals surface area contributed by atoms with Crippen LogP contribution in [0.2, 0.25) is 0 Å². The molecule has 0 aromatic heterocycles. The van der Waals surface area contributed by atoms with Gasteiger partial charge in [-0.25, -0.2) is 0 Å². The quantitative estimate of drug-likeness (QED) is 0.244. The van der Waals surface area contributed by atoms with Crippen molar-refractivity contribution in [1.29, 1.82) is 0 Å². The van der Waals surface area contributed by atoms with Gasteiger partial charge in [-0.3, -0.25) is 0 Å². The van der Waals surface area contributed by atoms with Crippen LogP contribution in [0.1, 0.15) is 65.2 Å². The van der Waals surface area contributed by atoms with Gasteiger partial charge in [0.1, 0.15) is 11.5 Å². The van der Waals surface area contributed by atoms with Crippen LogP contribution in [0.25, 0.3) is 10.8 Å². The molecule has 0 atom stereocenters. The largest absolute Gasteiger partial charge is 0.494 e. The van der Waals surface area contributed by atoms with Gasteiger partial charge >= 0.3 is 0 Å². The zero-order chi connectivity index (χ0) is 21.7. The molecule has 0 fully saturated rings. The van der Waals surface area contributed by atoms with Gasteiger partial charge in [0.2, 0.25) is 0 Å². The third-order valence-electron chi connectivity index (χ3n) is 5.37. The van der Waals surface area contributed by atoms with E-state index in [9.17, 15) is 0 Å². The van der Waals surface area contributed by atoms with Crippen molar-refractivity contribution < 1.29 is 14.2 Å². The van der Waals surface area contributed by atoms with E-state index < -0.39 is 0 Å². The molecule has 31 heavy (non-hydrogen) atoms. The lowest BCUT2D eigenvalue weighted by Gasteiger charge is -2.15. The molecule has 166 valence electrons. The van der Waals surface area contributed by atoms with Gasteiger partial charge in [0.25, 0.3) is 0 Å². The monoisotopic (exact) mass is 420 g/mol. The van der Waals surface area contributed by atoms with Gasteiger partial charge < -0.3 is 14.2 Å². The molecule has 3 aromatic rings. The van der Waals surface area contributed by atoms with E-state index in [0.717, 1.165) is 53.2 Å². The van der Waals surface area contributed by atoms with Crippen LogP contribution >= 0.6 is 0 Å². The van der Waals surface area contributed by atoms with Crippen LogP contribution in [-0.4, -0.2) is 13.2 Å². The van der Waals surface area contributed by atoms with Crippen molar-refractivity contribution in [2.45, 2.75) is 65.2 Å². The summed E-state index contributed by atoms with van der Waals surface area (Å²) in [5.74, 6) is 3.25. The Balaban J connectivity index is 1.76. The molecule has 0 bridgehead atoms. The van der Waals surface area contributed by atoms with Crippen LogP contribution in [0, 0.1) is 0 Å². The third-order valence-corrected chi connectivity index (χ3v) is 5.37. The van der Waals surface area contributed by atoms with Gasteiger partial charge in [0, 0.05) is 0 Å². The maximum Gasteiger partial charge on any atom is 0.169 e. The summed E-state index contributed by atoms with van der Waals surface area (Å²) in [5.41, 5.74) is 0. The fourth-order valence-electron chi connectivity index (χ4n) is 3.56. The molecule has 3 aromatic carbocycles. The molecule has 0 aliphatic heterocycles. The van der Waals surface area contributed by atoms with E-state index in [-0.39, 0.29) is 0 Å². The van der Waals surface area contributed by atoms with Crippen LogP contribution in [0.15, 0.2) is 60.7 Å². The minimum absolute atomic E-state index is 0.704. The Morgan fingerprint density at radius 3 is 1.94 bits per heavy atom. The van der Waals surface area contributed by atoms with Gasteiger partial charge in [0.15, 0.2) is 11.5 Å². The lowest BCUT2D eigenvalue weighted by Crippen LogP contribution is -2.00. The number of rotatable bonds is 14. The molecule has 3 rings (SSSR count). The number of fused-ring (bicyclic) bond motifs is 1. The summed E-state index contributed by atoms with van der Waals surface area (Å²) in [5, 5.41) is 2.22. The molecule has 0 heterocycles. The highest BCUT2D eigenvalue weighted by Crippen LogP contribution is 2.37. The molecule has 0 spiro atoms. The minimum atomic E-state index is 0.704. The highest BCUT2D eigenvalue weighted by atomic mass is 16.5. The number of ether oxygens (including phenoxy) is 3. The van der Waals surface area contributed by atoms with Crippen LogP contribution in [0.5, 0.6) is 23.0 Å². The summed E-state index contributed by atoms with van der Waals surface area (Å²) < 4.78 is 18.3. The summed E-state index contributed by atoms with van der Waals surface area (Å²) in [4.78, 5) is 0. The predicted octanol–water partition coefficient (Wildman–Crippen LogP) is 8.55. The first-order chi connectivity index (χ1) is 15.3. The van der Waals surface area contributed by atoms with E-state index in [1.54, 1.807) is 0 Å². The molecule has 0 saturated heterocycles. The zero-order valence-electron chi connectivity index (χ0n) is 19.1. The minimum Gasteiger partial charge on any atom is -0.494 e. The smallest absolute Gasteiger partial charge is 0.169 e. The standard InChI is InChI=1S/C28H36O3/c1-3-5-7-12-18-29-26-17-16-23-21-27(30-19-13-8-6-4-2)28(22-24(23)20-26)31-25-14-10-9-11-15-25/h9-11,14-17,20-22H,3-8,12-13,18-19H2,1-2H3. The summed E-state index contributed by atoms with van der Waals surface area (Å²) in [6.45, 7) is 5.91. The average molecular weight is 421 g/mol. The molecule has 0 aliphatic carbocycles. The fraction of sp³-hybridized carbons (Fsp3) is 0.429. The molecule has 0 saturated carbocycles. The molecule has 0 unspecified atom stereocenters. The molecule has 0 radical (unpaired) electrons. The van der Waals surface area contributed by atoms with E-state index >= 15 is 0 Å². The average Bonchev–Trinajstić information content (AvgIpc) is 2.79. The van der Waals surface area contributed by atoms with Crippen molar-refractivity contribution in [2.75, 3.05) is 13.2 Å². The van der Waals surface area contributed by atoms with Crippen molar-refractivity contribution in [3.05, 3.63) is 60.7 Å². The van der Waals surface area contributed by atoms with Gasteiger partial charge in [-0.2, -0.15) is 0 Å². The predicted molar refractivity (Wildman–Crippen MR) is 130 cm³/mol. The van der Waals surface area contributed by atoms with E-state index in [1.807, 2.05) is 36.4 Å². The molecular weight excluding hydrogens is 384 g/mol. The Labute approximate surface area is 187 Å². The number of hydrogen-bond acceptors (Lipinski definition) is 3. The zero-order valence-corrected chi connectivity index (χ0v) is 19.1. The molecule has 0 amide bonds. The Hall–Kier alpha value is -2.68. The summed E-state index contributed by atoms with van der Waals surface area (Å²) in [6, 6.07) is 20.3. The van der Waals surface area contributed by atoms with E-state index in [1.165, 1.54) is 38.5 Å². The maximum absolute atomic E-state index is 6.20. The Morgan fingerprint density at radius 2 is 1.23 bits per heavy atom. The number of benzene rings is 3. The first kappa shape index (κ1) is 23.0. The molecule has 3 nitrogen and oxygen atoms in total. The molecule has 0 aliphatic rings. The van der Waals surface area contributed by atoms with E-state index in [2.05, 4.69) is 38.1 Å². The second-order valence-electron chi connectivity index (χ2n) is 8.04. The van der Waals surface area contributed by atoms with Gasteiger partial charge in [0.05, 0.1) is 13.2 Å². The first-order valence-corrected chi connectivity index (χ1v) is 11.9. The van der Waals surface area contributed by atoms with Gasteiger partial charge in [-0.15, -0.1) is 0 Å². The van der Waals surface area contributed by atoms with E-state index in [0.29, 0.717) is 6.61 Å². The first-order valence-electron chi connectivity index (χ1n) is 11.9. The van der Waals surface area contributed by atoms with Crippen molar-refractivity contribution in [3.8, 4) is 23.0 Å². The molecule has 3 heteroatoms. The SMILES string of the molecule is CCCCCCOc1ccc2cc(OCCCCCC)c(Oc3ccccc3)cc2c1. The van der Waals surface area contributed by atoms with Crippen LogP contribution in [0.4, 0.5) is 0 Å². The fourth-order valence-corrected chi connectivity index (χ4v) is 3.56. The second-order valence-corrected chi connectivity index (χ2v) is 8.04. The maximum atomic E-state index is 6.20. The van der Waals surface area contributed by atoms with Crippen molar-refractivity contribution in [3.63, 3.8) is 0 Å². The Kier molecular flexibility index (Phi) is 9.56. The Morgan fingerprint density at radius 1 is 0.548 bits per heavy atom. The molecule has 0 N–H and O–H groups in total. The normalized spacial score (nSPS) is 10.9. The van der Waals surface area contributed by atoms with Crippen molar-refractivity contribution in [2.24, 2.45) is 0 Å². The summed E-state index contributed by atoms with van der Waals surface area (Å²) >= 11 is 0. The van der Waals surface area contributed by atoms with Crippen molar-refractivity contribution in [1.82, 2.24) is 0 Å². The van der Waals surface area contributed by atoms with Crippen LogP contribution in [-0.2, 0) is 0 Å². The topological polar surface area (TPSA) is 27.7 Å². The number of para-hydroxylation sites is 1. The number of hydrogen-bond donors (Lipinski definition) is 0. The van der Waals surface area contributed by atoms with Gasteiger partial charge in [-0.05, 0) is 60.0 Å². The lowest BCUT2D eigenvalue weighted by atomic mass is 10.1. The molecular formula is C28H36O3. The van der Waals surface area contributed by atoms with Crippen LogP contribution < -0.4 is 14.2 Å². The summed E-state index contributed by atoms with van der Waals surface area (Å²) in [7, 11) is 0. The number of unbranched alkanes of at least 4 members (excludes halogenated alkanes) is 6. The van der Waals surface area contributed by atoms with E-state index in [4.69, 9.17) is 14.2 Å². The lowest BCUT2D eigenvalue weighted by molar-refractivity contribution is 0.292. The van der Waals surface area contributed by atoms with Crippen LogP contribution in [0.3, 0.4) is 0 Å². The third kappa shape index (κ3) is 7.50.